The lowest BCUT2D eigenvalue weighted by atomic mass is 10.2. The fourth-order valence-corrected chi connectivity index (χ4v) is 3.62. The average molecular weight is 467 g/mol. The van der Waals surface area contributed by atoms with Gasteiger partial charge in [0.25, 0.3) is 23.6 Å². The minimum absolute atomic E-state index is 0.187. The molecule has 10 heteroatoms. The topological polar surface area (TPSA) is 107 Å². The van der Waals surface area contributed by atoms with Crippen LogP contribution in [-0.4, -0.2) is 108 Å². The van der Waals surface area contributed by atoms with Gasteiger partial charge in [0, 0.05) is 54.4 Å². The van der Waals surface area contributed by atoms with E-state index in [2.05, 4.69) is 9.97 Å². The van der Waals surface area contributed by atoms with Crippen molar-refractivity contribution >= 4 is 23.6 Å². The molecule has 0 unspecified atom stereocenters. The molecule has 3 heterocycles. The van der Waals surface area contributed by atoms with Crippen molar-refractivity contribution in [2.45, 2.75) is 12.8 Å². The van der Waals surface area contributed by atoms with E-state index in [-0.39, 0.29) is 46.4 Å². The summed E-state index contributed by atoms with van der Waals surface area (Å²) in [7, 11) is 6.63. The first-order valence-electron chi connectivity index (χ1n) is 11.1. The molecule has 180 valence electrons. The Morgan fingerprint density at radius 3 is 0.971 bits per heavy atom. The van der Waals surface area contributed by atoms with Gasteiger partial charge in [-0.15, -0.1) is 0 Å². The van der Waals surface area contributed by atoms with E-state index in [1.165, 1.54) is 19.6 Å². The van der Waals surface area contributed by atoms with Gasteiger partial charge in [-0.1, -0.05) is 12.1 Å². The molecule has 0 fully saturated rings. The molecule has 0 radical (unpaired) electrons. The highest BCUT2D eigenvalue weighted by atomic mass is 16.2. The van der Waals surface area contributed by atoms with E-state index < -0.39 is 0 Å². The summed E-state index contributed by atoms with van der Waals surface area (Å²) in [5, 5.41) is 0. The minimum Gasteiger partial charge on any atom is -0.340 e. The van der Waals surface area contributed by atoms with Gasteiger partial charge in [0.15, 0.2) is 0 Å². The molecule has 0 spiro atoms. The third-order valence-corrected chi connectivity index (χ3v) is 5.74. The van der Waals surface area contributed by atoms with Crippen molar-refractivity contribution in [1.29, 1.82) is 0 Å². The number of aromatic nitrogens is 2. The molecule has 2 aromatic rings. The maximum Gasteiger partial charge on any atom is 0.272 e. The number of rotatable bonds is 0. The maximum atomic E-state index is 12.8. The van der Waals surface area contributed by atoms with Crippen LogP contribution in [0.3, 0.4) is 0 Å². The van der Waals surface area contributed by atoms with Gasteiger partial charge in [-0.25, -0.2) is 9.97 Å². The molecule has 1 aliphatic rings. The zero-order valence-corrected chi connectivity index (χ0v) is 20.0. The quantitative estimate of drug-likeness (QED) is 0.579. The molecule has 0 saturated heterocycles. The van der Waals surface area contributed by atoms with Crippen molar-refractivity contribution in [2.75, 3.05) is 54.4 Å². The van der Waals surface area contributed by atoms with Crippen molar-refractivity contribution in [3.8, 4) is 0 Å². The molecule has 0 atom stereocenters. The zero-order chi connectivity index (χ0) is 24.8. The molecule has 0 saturated carbocycles. The fourth-order valence-electron chi connectivity index (χ4n) is 3.62. The van der Waals surface area contributed by atoms with E-state index in [4.69, 9.17) is 0 Å². The van der Waals surface area contributed by atoms with E-state index in [0.29, 0.717) is 39.0 Å². The van der Waals surface area contributed by atoms with Crippen LogP contribution in [0.25, 0.3) is 0 Å². The predicted molar refractivity (Wildman–Crippen MR) is 126 cm³/mol. The Hall–Kier alpha value is -3.82. The number of fused-ring (bicyclic) bond motifs is 4. The molecule has 0 N–H and O–H groups in total. The summed E-state index contributed by atoms with van der Waals surface area (Å²) in [5.74, 6) is -1.18. The van der Waals surface area contributed by atoms with E-state index in [0.717, 1.165) is 0 Å². The van der Waals surface area contributed by atoms with Crippen LogP contribution < -0.4 is 0 Å². The summed E-state index contributed by atoms with van der Waals surface area (Å²) in [4.78, 5) is 65.9. The molecule has 10 nitrogen and oxygen atoms in total. The van der Waals surface area contributed by atoms with Gasteiger partial charge in [0.2, 0.25) is 0 Å². The van der Waals surface area contributed by atoms with Crippen LogP contribution in [0.1, 0.15) is 54.8 Å². The van der Waals surface area contributed by atoms with Gasteiger partial charge in [-0.3, -0.25) is 19.2 Å². The van der Waals surface area contributed by atoms with Gasteiger partial charge in [0.05, 0.1) is 0 Å². The van der Waals surface area contributed by atoms with E-state index in [1.807, 2.05) is 0 Å². The van der Waals surface area contributed by atoms with Crippen LogP contribution >= 0.6 is 0 Å². The van der Waals surface area contributed by atoms with E-state index >= 15 is 0 Å². The Kier molecular flexibility index (Phi) is 7.93. The molecule has 34 heavy (non-hydrogen) atoms. The fraction of sp³-hybridized carbons (Fsp3) is 0.417. The molecule has 1 aliphatic heterocycles. The summed E-state index contributed by atoms with van der Waals surface area (Å²) < 4.78 is 0. The Bertz CT molecular complexity index is 929. The second-order valence-electron chi connectivity index (χ2n) is 8.43. The van der Waals surface area contributed by atoms with Crippen molar-refractivity contribution in [3.05, 3.63) is 59.2 Å². The zero-order valence-electron chi connectivity index (χ0n) is 20.0. The summed E-state index contributed by atoms with van der Waals surface area (Å²) in [6, 6.07) is 9.60. The number of carbonyl (C=O) groups excluding carboxylic acids is 4. The molecule has 0 aliphatic carbocycles. The standard InChI is InChI=1S/C24H30N6O4/c1-27-13-7-14-28(2)23(33)19-11-6-12-20(26-19)24(34)30(4)16-8-15-29(3)22(32)18-10-5-9-17(25-18)21(27)31/h5-6,9-12H,7-8,13-16H2,1-4H3. The maximum absolute atomic E-state index is 12.8. The highest BCUT2D eigenvalue weighted by Crippen LogP contribution is 2.10. The molecular formula is C24H30N6O4. The Labute approximate surface area is 199 Å². The summed E-state index contributed by atoms with van der Waals surface area (Å²) in [6.45, 7) is 1.58. The second kappa shape index (κ2) is 10.9. The van der Waals surface area contributed by atoms with E-state index in [9.17, 15) is 19.2 Å². The van der Waals surface area contributed by atoms with Crippen LogP contribution in [0.5, 0.6) is 0 Å². The van der Waals surface area contributed by atoms with Crippen LogP contribution in [0.15, 0.2) is 36.4 Å². The van der Waals surface area contributed by atoms with E-state index in [1.54, 1.807) is 64.6 Å². The number of hydrogen-bond acceptors (Lipinski definition) is 6. The first kappa shape index (κ1) is 24.8. The third-order valence-electron chi connectivity index (χ3n) is 5.74. The third kappa shape index (κ3) is 5.75. The number of nitrogens with zero attached hydrogens (tertiary/aromatic N) is 6. The highest BCUT2D eigenvalue weighted by Gasteiger charge is 2.21. The van der Waals surface area contributed by atoms with Gasteiger partial charge in [-0.05, 0) is 37.1 Å². The number of pyridine rings is 2. The average Bonchev–Trinajstić information content (AvgIpc) is 2.86. The molecule has 4 amide bonds. The normalized spacial score (nSPS) is 17.3. The van der Waals surface area contributed by atoms with Crippen molar-refractivity contribution in [1.82, 2.24) is 29.6 Å². The first-order chi connectivity index (χ1) is 16.2. The van der Waals surface area contributed by atoms with Gasteiger partial charge < -0.3 is 19.6 Å². The van der Waals surface area contributed by atoms with Crippen LogP contribution in [0.2, 0.25) is 0 Å². The second-order valence-corrected chi connectivity index (χ2v) is 8.43. The predicted octanol–water partition coefficient (Wildman–Crippen LogP) is 1.26. The summed E-state index contributed by atoms with van der Waals surface area (Å²) in [5.41, 5.74) is 0.748. The Morgan fingerprint density at radius 2 is 0.735 bits per heavy atom. The Balaban J connectivity index is 1.86. The minimum atomic E-state index is -0.296. The first-order valence-corrected chi connectivity index (χ1v) is 11.1. The van der Waals surface area contributed by atoms with Crippen LogP contribution in [0.4, 0.5) is 0 Å². The van der Waals surface area contributed by atoms with Crippen molar-refractivity contribution in [2.24, 2.45) is 0 Å². The number of hydrogen-bond donors (Lipinski definition) is 0. The van der Waals surface area contributed by atoms with Gasteiger partial charge in [0.1, 0.15) is 22.8 Å². The van der Waals surface area contributed by atoms with Crippen LogP contribution in [0, 0.1) is 0 Å². The molecule has 2 aromatic heterocycles. The monoisotopic (exact) mass is 466 g/mol. The highest BCUT2D eigenvalue weighted by molar-refractivity contribution is 5.97. The number of carbonyl (C=O) groups is 4. The van der Waals surface area contributed by atoms with Gasteiger partial charge >= 0.3 is 0 Å². The molecule has 4 bridgehead atoms. The smallest absolute Gasteiger partial charge is 0.272 e. The Morgan fingerprint density at radius 1 is 0.500 bits per heavy atom. The molecule has 0 aromatic carbocycles. The van der Waals surface area contributed by atoms with Crippen molar-refractivity contribution in [3.63, 3.8) is 0 Å². The summed E-state index contributed by atoms with van der Waals surface area (Å²) >= 11 is 0. The lowest BCUT2D eigenvalue weighted by Gasteiger charge is -2.22. The van der Waals surface area contributed by atoms with Crippen LogP contribution in [-0.2, 0) is 0 Å². The molecular weight excluding hydrogens is 436 g/mol. The molecule has 3 rings (SSSR count). The van der Waals surface area contributed by atoms with Crippen molar-refractivity contribution < 1.29 is 19.2 Å². The van der Waals surface area contributed by atoms with Gasteiger partial charge in [-0.2, -0.15) is 0 Å². The lowest BCUT2D eigenvalue weighted by molar-refractivity contribution is 0.0758. The lowest BCUT2D eigenvalue weighted by Crippen LogP contribution is -2.35. The SMILES string of the molecule is CN1CCCN(C)C(=O)c2cccc(n2)C(=O)N(C)CCCN(C)C(=O)c2cccc(n2)C1=O. The summed E-state index contributed by atoms with van der Waals surface area (Å²) in [6.07, 6.45) is 1.07. The largest absolute Gasteiger partial charge is 0.340 e. The number of amides is 4.